The molecule has 0 aromatic carbocycles. The van der Waals surface area contributed by atoms with E-state index < -0.39 is 5.03 Å². The van der Waals surface area contributed by atoms with Crippen LogP contribution in [0.2, 0.25) is 0 Å². The number of hydrogen-bond acceptors (Lipinski definition) is 3. The van der Waals surface area contributed by atoms with Gasteiger partial charge in [0.05, 0.1) is 20.1 Å². The van der Waals surface area contributed by atoms with Crippen LogP contribution in [0.5, 0.6) is 0 Å². The molecule has 1 aliphatic rings. The molecule has 0 bridgehead atoms. The molecule has 0 aromatic rings. The Balaban J connectivity index is 2.54. The van der Waals surface area contributed by atoms with Crippen LogP contribution in [-0.2, 0) is 0 Å². The minimum absolute atomic E-state index is 0.463. The van der Waals surface area contributed by atoms with Gasteiger partial charge in [0.2, 0.25) is 5.03 Å². The monoisotopic (exact) mass is 145 g/mol. The molecule has 0 unspecified atom stereocenters. The Morgan fingerprint density at radius 2 is 2.60 bits per heavy atom. The zero-order valence-corrected chi connectivity index (χ0v) is 5.63. The van der Waals surface area contributed by atoms with Gasteiger partial charge in [0, 0.05) is 5.43 Å². The maximum absolute atomic E-state index is 9.91. The van der Waals surface area contributed by atoms with E-state index in [-0.39, 0.29) is 0 Å². The second-order valence-corrected chi connectivity index (χ2v) is 2.07. The summed E-state index contributed by atoms with van der Waals surface area (Å²) in [6, 6.07) is 0. The quantitative estimate of drug-likeness (QED) is 0.264. The van der Waals surface area contributed by atoms with E-state index >= 15 is 0 Å². The second kappa shape index (κ2) is 2.51. The molecule has 6 heteroatoms. The van der Waals surface area contributed by atoms with Crippen LogP contribution in [0.25, 0.3) is 0 Å². The van der Waals surface area contributed by atoms with Crippen LogP contribution in [0.4, 0.5) is 0 Å². The van der Waals surface area contributed by atoms with Gasteiger partial charge in [-0.15, -0.1) is 0 Å². The molecule has 0 atom stereocenters. The third kappa shape index (κ3) is 1.34. The van der Waals surface area contributed by atoms with Crippen LogP contribution >= 0.6 is 0 Å². The van der Waals surface area contributed by atoms with Gasteiger partial charge in [-0.05, 0) is 0 Å². The molecular weight excluding hydrogens is 136 g/mol. The predicted molar refractivity (Wildman–Crippen MR) is 34.2 cm³/mol. The fraction of sp³-hybridized carbons (Fsp3) is 0.750. The largest absolute Gasteiger partial charge is 0.408 e. The van der Waals surface area contributed by atoms with Gasteiger partial charge >= 0.3 is 5.96 Å². The Morgan fingerprint density at radius 1 is 1.90 bits per heavy atom. The number of nitrogens with one attached hydrogen (secondary N) is 2. The minimum Gasteiger partial charge on any atom is -0.270 e. The van der Waals surface area contributed by atoms with E-state index in [1.54, 1.807) is 11.6 Å². The zero-order chi connectivity index (χ0) is 7.56. The lowest BCUT2D eigenvalue weighted by Gasteiger charge is -1.90. The maximum Gasteiger partial charge on any atom is 0.408 e. The Hall–Kier alpha value is -1.33. The lowest BCUT2D eigenvalue weighted by atomic mass is 10.7. The number of likely N-dealkylation sites (N-methyl/N-ethyl adjacent to an activating group) is 1. The van der Waals surface area contributed by atoms with Crippen molar-refractivity contribution in [2.45, 2.75) is 0 Å². The second-order valence-electron chi connectivity index (χ2n) is 2.07. The first-order valence-electron chi connectivity index (χ1n) is 2.93. The normalized spacial score (nSPS) is 16.9. The van der Waals surface area contributed by atoms with E-state index in [1.807, 2.05) is 5.43 Å². The van der Waals surface area contributed by atoms with Crippen LogP contribution < -0.4 is 10.7 Å². The van der Waals surface area contributed by atoms with Crippen molar-refractivity contribution in [2.24, 2.45) is 0 Å². The number of guanidine groups is 1. The highest BCUT2D eigenvalue weighted by atomic mass is 16.7. The molecule has 2 N–H and O–H groups in total. The number of hydrazine groups is 1. The zero-order valence-electron chi connectivity index (χ0n) is 5.63. The van der Waals surface area contributed by atoms with Gasteiger partial charge in [-0.2, -0.15) is 0 Å². The maximum atomic E-state index is 9.91. The number of nitro groups is 1. The summed E-state index contributed by atoms with van der Waals surface area (Å²) in [7, 11) is 1.78. The molecule has 0 aliphatic carbocycles. The van der Waals surface area contributed by atoms with Crippen LogP contribution in [0.15, 0.2) is 0 Å². The molecule has 56 valence electrons. The highest BCUT2D eigenvalue weighted by molar-refractivity contribution is 5.74. The lowest BCUT2D eigenvalue weighted by molar-refractivity contribution is -0.551. The number of hydrogen-bond donors (Lipinski definition) is 2. The number of nitrogens with zero attached hydrogens (tertiary/aromatic N) is 2. The topological polar surface area (TPSA) is 70.2 Å². The van der Waals surface area contributed by atoms with Crippen molar-refractivity contribution in [3.8, 4) is 0 Å². The van der Waals surface area contributed by atoms with Gasteiger partial charge in [-0.1, -0.05) is 0 Å². The Bertz CT molecular complexity index is 188. The van der Waals surface area contributed by atoms with Crippen LogP contribution in [0.3, 0.4) is 0 Å². The Morgan fingerprint density at radius 3 is 3.00 bits per heavy atom. The summed E-state index contributed by atoms with van der Waals surface area (Å²) in [5, 5.41) is 12.2. The van der Waals surface area contributed by atoms with Gasteiger partial charge in [-0.3, -0.25) is 9.89 Å². The molecule has 1 aliphatic heterocycles. The molecule has 1 heterocycles. The average Bonchev–Trinajstić information content (AvgIpc) is 2.15. The molecule has 0 radical (unpaired) electrons. The van der Waals surface area contributed by atoms with E-state index in [1.165, 1.54) is 0 Å². The molecule has 0 saturated carbocycles. The van der Waals surface area contributed by atoms with Gasteiger partial charge in [-0.25, -0.2) is 10.1 Å². The highest BCUT2D eigenvalue weighted by Gasteiger charge is 2.20. The van der Waals surface area contributed by atoms with E-state index in [4.69, 9.17) is 0 Å². The van der Waals surface area contributed by atoms with E-state index in [0.717, 1.165) is 13.1 Å². The summed E-state index contributed by atoms with van der Waals surface area (Å²) in [6.07, 6.45) is 0. The first-order valence-corrected chi connectivity index (χ1v) is 2.93. The third-order valence-electron chi connectivity index (χ3n) is 1.32. The molecule has 10 heavy (non-hydrogen) atoms. The SMILES string of the molecule is C[N+]1=C(N[N+](=O)[O-])NCC1. The van der Waals surface area contributed by atoms with Gasteiger partial charge in [0.15, 0.2) is 0 Å². The first-order chi connectivity index (χ1) is 4.70. The lowest BCUT2D eigenvalue weighted by Crippen LogP contribution is -2.40. The van der Waals surface area contributed by atoms with Gasteiger partial charge < -0.3 is 0 Å². The van der Waals surface area contributed by atoms with Crippen LogP contribution in [0, 0.1) is 10.1 Å². The van der Waals surface area contributed by atoms with E-state index in [9.17, 15) is 10.1 Å². The van der Waals surface area contributed by atoms with Gasteiger partial charge in [0.25, 0.3) is 0 Å². The average molecular weight is 145 g/mol. The summed E-state index contributed by atoms with van der Waals surface area (Å²) < 4.78 is 1.75. The van der Waals surface area contributed by atoms with Crippen molar-refractivity contribution in [1.82, 2.24) is 10.7 Å². The van der Waals surface area contributed by atoms with Crippen molar-refractivity contribution >= 4 is 5.96 Å². The predicted octanol–water partition coefficient (Wildman–Crippen LogP) is -1.63. The van der Waals surface area contributed by atoms with E-state index in [2.05, 4.69) is 5.32 Å². The molecule has 0 saturated heterocycles. The van der Waals surface area contributed by atoms with E-state index in [0.29, 0.717) is 5.96 Å². The fourth-order valence-electron chi connectivity index (χ4n) is 0.800. The summed E-state index contributed by atoms with van der Waals surface area (Å²) in [5.41, 5.74) is 2.05. The van der Waals surface area contributed by atoms with Crippen LogP contribution in [0.1, 0.15) is 0 Å². The minimum atomic E-state index is -0.579. The van der Waals surface area contributed by atoms with Crippen LogP contribution in [-0.4, -0.2) is 35.7 Å². The summed E-state index contributed by atoms with van der Waals surface area (Å²) in [4.78, 5) is 9.91. The van der Waals surface area contributed by atoms with Crippen molar-refractivity contribution in [2.75, 3.05) is 20.1 Å². The van der Waals surface area contributed by atoms with Crippen molar-refractivity contribution in [3.05, 3.63) is 10.1 Å². The summed E-state index contributed by atoms with van der Waals surface area (Å²) >= 11 is 0. The fourth-order valence-corrected chi connectivity index (χ4v) is 0.800. The van der Waals surface area contributed by atoms with Crippen molar-refractivity contribution < 1.29 is 9.61 Å². The molecule has 0 aromatic heterocycles. The van der Waals surface area contributed by atoms with Gasteiger partial charge in [0.1, 0.15) is 0 Å². The Kier molecular flexibility index (Phi) is 1.70. The number of rotatable bonds is 1. The third-order valence-corrected chi connectivity index (χ3v) is 1.32. The molecule has 0 amide bonds. The summed E-state index contributed by atoms with van der Waals surface area (Å²) in [5.74, 6) is 0.463. The molecule has 0 spiro atoms. The summed E-state index contributed by atoms with van der Waals surface area (Å²) in [6.45, 7) is 1.56. The molecular formula is C4H9N4O2+. The highest BCUT2D eigenvalue weighted by Crippen LogP contribution is 1.78. The molecule has 0 fully saturated rings. The van der Waals surface area contributed by atoms with Crippen molar-refractivity contribution in [3.63, 3.8) is 0 Å². The van der Waals surface area contributed by atoms with Crippen molar-refractivity contribution in [1.29, 1.82) is 0 Å². The standard InChI is InChI=1S/C4H8N4O2/c1-7-3-2-5-4(7)6-8(9)10/h2-3H2,1H3,(H,5,6)/p+1. The first kappa shape index (κ1) is 6.79. The Labute approximate surface area is 57.7 Å². The smallest absolute Gasteiger partial charge is 0.270 e. The molecule has 1 rings (SSSR count). The molecule has 6 nitrogen and oxygen atoms in total.